The van der Waals surface area contributed by atoms with Crippen LogP contribution in [0.5, 0.6) is 5.75 Å². The molecule has 1 aliphatic heterocycles. The smallest absolute Gasteiger partial charge is 0.205 e. The van der Waals surface area contributed by atoms with Crippen LogP contribution < -0.4 is 4.74 Å². The lowest BCUT2D eigenvalue weighted by molar-refractivity contribution is 0.0961. The molecule has 0 fully saturated rings. The summed E-state index contributed by atoms with van der Waals surface area (Å²) in [5.74, 6) is -0.728. The highest BCUT2D eigenvalue weighted by molar-refractivity contribution is 6.04. The number of hydrogen-bond donors (Lipinski definition) is 0. The Balaban J connectivity index is 2.76. The van der Waals surface area contributed by atoms with E-state index >= 15 is 0 Å². The van der Waals surface area contributed by atoms with Crippen molar-refractivity contribution in [3.8, 4) is 11.8 Å². The van der Waals surface area contributed by atoms with Crippen molar-refractivity contribution in [1.82, 2.24) is 0 Å². The molecule has 64 valence electrons. The molecule has 1 aromatic carbocycles. The molecule has 4 heteroatoms. The van der Waals surface area contributed by atoms with Gasteiger partial charge in [0.1, 0.15) is 23.2 Å². The molecular weight excluding hydrogens is 173 g/mol. The Labute approximate surface area is 73.4 Å². The van der Waals surface area contributed by atoms with E-state index in [0.717, 1.165) is 6.07 Å². The first-order valence-electron chi connectivity index (χ1n) is 3.62. The molecule has 0 saturated heterocycles. The zero-order valence-electron chi connectivity index (χ0n) is 6.50. The molecule has 0 aliphatic carbocycles. The summed E-state index contributed by atoms with van der Waals surface area (Å²) in [7, 11) is 0. The normalized spacial score (nSPS) is 13.4. The van der Waals surface area contributed by atoms with Crippen LogP contribution in [0.4, 0.5) is 4.39 Å². The Morgan fingerprint density at radius 3 is 3.00 bits per heavy atom. The minimum absolute atomic E-state index is 0.0718. The van der Waals surface area contributed by atoms with E-state index in [2.05, 4.69) is 0 Å². The Kier molecular flexibility index (Phi) is 1.52. The SMILES string of the molecule is N#Cc1c(F)ccc2c1C(=O)CO2. The van der Waals surface area contributed by atoms with Crippen LogP contribution in [-0.2, 0) is 0 Å². The average Bonchev–Trinajstić information content (AvgIpc) is 2.49. The maximum atomic E-state index is 13.0. The lowest BCUT2D eigenvalue weighted by Gasteiger charge is -1.98. The molecule has 0 spiro atoms. The van der Waals surface area contributed by atoms with Gasteiger partial charge in [0.05, 0.1) is 5.56 Å². The molecule has 0 saturated carbocycles. The Bertz CT molecular complexity index is 434. The summed E-state index contributed by atoms with van der Waals surface area (Å²) >= 11 is 0. The van der Waals surface area contributed by atoms with E-state index in [0.29, 0.717) is 5.75 Å². The molecule has 1 aromatic rings. The first-order chi connectivity index (χ1) is 6.24. The number of Topliss-reactive ketones (excluding diaryl/α,β-unsaturated/α-hetero) is 1. The fraction of sp³-hybridized carbons (Fsp3) is 0.111. The summed E-state index contributed by atoms with van der Waals surface area (Å²) in [5.41, 5.74) is -0.150. The van der Waals surface area contributed by atoms with Crippen LogP contribution in [0.3, 0.4) is 0 Å². The lowest BCUT2D eigenvalue weighted by Crippen LogP contribution is -2.01. The predicted octanol–water partition coefficient (Wildman–Crippen LogP) is 1.27. The van der Waals surface area contributed by atoms with Crippen LogP contribution in [0.25, 0.3) is 0 Å². The van der Waals surface area contributed by atoms with E-state index in [-0.39, 0.29) is 23.5 Å². The molecule has 0 bridgehead atoms. The van der Waals surface area contributed by atoms with Gasteiger partial charge in [-0.25, -0.2) is 4.39 Å². The van der Waals surface area contributed by atoms with Gasteiger partial charge in [0.25, 0.3) is 0 Å². The second-order valence-corrected chi connectivity index (χ2v) is 2.62. The minimum Gasteiger partial charge on any atom is -0.485 e. The highest BCUT2D eigenvalue weighted by Crippen LogP contribution is 2.29. The van der Waals surface area contributed by atoms with Crippen LogP contribution in [0.15, 0.2) is 12.1 Å². The van der Waals surface area contributed by atoms with E-state index in [9.17, 15) is 9.18 Å². The van der Waals surface area contributed by atoms with Gasteiger partial charge in [0.2, 0.25) is 5.78 Å². The lowest BCUT2D eigenvalue weighted by atomic mass is 10.1. The molecular formula is C9H4FNO2. The van der Waals surface area contributed by atoms with Gasteiger partial charge >= 0.3 is 0 Å². The van der Waals surface area contributed by atoms with Crippen molar-refractivity contribution >= 4 is 5.78 Å². The van der Waals surface area contributed by atoms with Gasteiger partial charge in [-0.05, 0) is 12.1 Å². The number of fused-ring (bicyclic) bond motifs is 1. The summed E-state index contributed by atoms with van der Waals surface area (Å²) in [4.78, 5) is 11.2. The maximum absolute atomic E-state index is 13.0. The number of ketones is 1. The standard InChI is InChI=1S/C9H4FNO2/c10-6-1-2-8-9(5(6)3-11)7(12)4-13-8/h1-2H,4H2. The predicted molar refractivity (Wildman–Crippen MR) is 40.9 cm³/mol. The number of nitriles is 1. The molecule has 0 radical (unpaired) electrons. The Hall–Kier alpha value is -1.89. The average molecular weight is 177 g/mol. The van der Waals surface area contributed by atoms with Gasteiger partial charge in [-0.1, -0.05) is 0 Å². The molecule has 0 amide bonds. The van der Waals surface area contributed by atoms with Gasteiger partial charge < -0.3 is 4.74 Å². The van der Waals surface area contributed by atoms with Crippen LogP contribution in [0, 0.1) is 17.1 Å². The van der Waals surface area contributed by atoms with Gasteiger partial charge in [0, 0.05) is 0 Å². The van der Waals surface area contributed by atoms with Crippen molar-refractivity contribution in [1.29, 1.82) is 5.26 Å². The molecule has 0 unspecified atom stereocenters. The van der Waals surface area contributed by atoms with Crippen LogP contribution >= 0.6 is 0 Å². The van der Waals surface area contributed by atoms with Crippen molar-refractivity contribution in [2.75, 3.05) is 6.61 Å². The quantitative estimate of drug-likeness (QED) is 0.599. The van der Waals surface area contributed by atoms with Gasteiger partial charge in [0.15, 0.2) is 6.61 Å². The van der Waals surface area contributed by atoms with Crippen molar-refractivity contribution in [2.24, 2.45) is 0 Å². The minimum atomic E-state index is -0.680. The van der Waals surface area contributed by atoms with Crippen molar-refractivity contribution in [3.63, 3.8) is 0 Å². The van der Waals surface area contributed by atoms with Crippen LogP contribution in [0.1, 0.15) is 15.9 Å². The molecule has 2 rings (SSSR count). The second kappa shape index (κ2) is 2.56. The zero-order chi connectivity index (χ0) is 9.42. The van der Waals surface area contributed by atoms with E-state index in [4.69, 9.17) is 10.00 Å². The molecule has 0 aromatic heterocycles. The fourth-order valence-electron chi connectivity index (χ4n) is 1.28. The summed E-state index contributed by atoms with van der Waals surface area (Å²) in [6.45, 7) is -0.104. The molecule has 3 nitrogen and oxygen atoms in total. The van der Waals surface area contributed by atoms with Crippen molar-refractivity contribution < 1.29 is 13.9 Å². The summed E-state index contributed by atoms with van der Waals surface area (Å²) in [5, 5.41) is 8.60. The van der Waals surface area contributed by atoms with Crippen molar-refractivity contribution in [3.05, 3.63) is 29.1 Å². The molecule has 13 heavy (non-hydrogen) atoms. The third-order valence-corrected chi connectivity index (χ3v) is 1.87. The molecule has 1 aliphatic rings. The number of nitrogens with zero attached hydrogens (tertiary/aromatic N) is 1. The summed E-state index contributed by atoms with van der Waals surface area (Å²) in [6, 6.07) is 4.13. The third kappa shape index (κ3) is 0.975. The number of hydrogen-bond acceptors (Lipinski definition) is 3. The first kappa shape index (κ1) is 7.74. The molecule has 0 N–H and O–H groups in total. The number of benzene rings is 1. The topological polar surface area (TPSA) is 50.1 Å². The first-order valence-corrected chi connectivity index (χ1v) is 3.62. The number of carbonyl (C=O) groups is 1. The second-order valence-electron chi connectivity index (χ2n) is 2.62. The number of rotatable bonds is 0. The summed E-state index contributed by atoms with van der Waals surface area (Å²) < 4.78 is 17.9. The highest BCUT2D eigenvalue weighted by atomic mass is 19.1. The molecule has 1 heterocycles. The van der Waals surface area contributed by atoms with Gasteiger partial charge in [-0.2, -0.15) is 5.26 Å². The van der Waals surface area contributed by atoms with Crippen molar-refractivity contribution in [2.45, 2.75) is 0 Å². The van der Waals surface area contributed by atoms with E-state index in [1.807, 2.05) is 0 Å². The third-order valence-electron chi connectivity index (χ3n) is 1.87. The van der Waals surface area contributed by atoms with E-state index in [1.54, 1.807) is 6.07 Å². The van der Waals surface area contributed by atoms with Gasteiger partial charge in [-0.3, -0.25) is 4.79 Å². The number of ether oxygens (including phenoxy) is 1. The Morgan fingerprint density at radius 2 is 2.31 bits per heavy atom. The van der Waals surface area contributed by atoms with Crippen LogP contribution in [0.2, 0.25) is 0 Å². The van der Waals surface area contributed by atoms with E-state index in [1.165, 1.54) is 6.07 Å². The number of halogens is 1. The monoisotopic (exact) mass is 177 g/mol. The highest BCUT2D eigenvalue weighted by Gasteiger charge is 2.26. The largest absolute Gasteiger partial charge is 0.485 e. The van der Waals surface area contributed by atoms with E-state index < -0.39 is 5.82 Å². The zero-order valence-corrected chi connectivity index (χ0v) is 6.50. The maximum Gasteiger partial charge on any atom is 0.205 e. The van der Waals surface area contributed by atoms with Crippen LogP contribution in [-0.4, -0.2) is 12.4 Å². The summed E-state index contributed by atoms with van der Waals surface area (Å²) in [6.07, 6.45) is 0. The molecule has 0 atom stereocenters. The Morgan fingerprint density at radius 1 is 1.54 bits per heavy atom. The number of carbonyl (C=O) groups excluding carboxylic acids is 1. The fourth-order valence-corrected chi connectivity index (χ4v) is 1.28. The van der Waals surface area contributed by atoms with Gasteiger partial charge in [-0.15, -0.1) is 0 Å².